The smallest absolute Gasteiger partial charge is 0.231 e. The summed E-state index contributed by atoms with van der Waals surface area (Å²) in [6.07, 6.45) is -0.929. The predicted octanol–water partition coefficient (Wildman–Crippen LogP) is 3.70. The average Bonchev–Trinajstić information content (AvgIpc) is 3.22. The van der Waals surface area contributed by atoms with Crippen LogP contribution in [0.1, 0.15) is 11.8 Å². The van der Waals surface area contributed by atoms with E-state index in [1.807, 2.05) is 42.3 Å². The highest BCUT2D eigenvalue weighted by Crippen LogP contribution is 2.56. The van der Waals surface area contributed by atoms with Crippen molar-refractivity contribution >= 4 is 16.5 Å². The van der Waals surface area contributed by atoms with E-state index in [-0.39, 0.29) is 6.79 Å². The molecule has 5 rings (SSSR count). The van der Waals surface area contributed by atoms with Gasteiger partial charge in [-0.05, 0) is 17.5 Å². The van der Waals surface area contributed by atoms with Gasteiger partial charge in [0, 0.05) is 29.6 Å². The summed E-state index contributed by atoms with van der Waals surface area (Å²) in [5.74, 6) is 3.03. The lowest BCUT2D eigenvalue weighted by Crippen LogP contribution is -2.28. The monoisotopic (exact) mass is 395 g/mol. The van der Waals surface area contributed by atoms with Crippen LogP contribution in [0.25, 0.3) is 21.9 Å². The molecule has 0 aromatic heterocycles. The first kappa shape index (κ1) is 17.8. The van der Waals surface area contributed by atoms with E-state index in [0.29, 0.717) is 34.3 Å². The Morgan fingerprint density at radius 1 is 0.966 bits per heavy atom. The number of aliphatic hydroxyl groups excluding tert-OH is 1. The van der Waals surface area contributed by atoms with Gasteiger partial charge in [0.1, 0.15) is 5.75 Å². The van der Waals surface area contributed by atoms with Gasteiger partial charge in [-0.3, -0.25) is 0 Å². The molecule has 0 radical (unpaired) electrons. The van der Waals surface area contributed by atoms with Crippen LogP contribution in [0.3, 0.4) is 0 Å². The zero-order valence-corrected chi connectivity index (χ0v) is 16.6. The summed E-state index contributed by atoms with van der Waals surface area (Å²) in [5.41, 5.74) is 3.25. The Kier molecular flexibility index (Phi) is 3.89. The molecule has 0 saturated heterocycles. The molecule has 0 saturated carbocycles. The minimum atomic E-state index is -0.929. The van der Waals surface area contributed by atoms with E-state index in [2.05, 4.69) is 0 Å². The lowest BCUT2D eigenvalue weighted by molar-refractivity contribution is 0.157. The maximum Gasteiger partial charge on any atom is 0.231 e. The molecule has 2 heterocycles. The molecule has 3 aromatic rings. The summed E-state index contributed by atoms with van der Waals surface area (Å²) >= 11 is 0. The molecule has 0 unspecified atom stereocenters. The van der Waals surface area contributed by atoms with E-state index in [4.69, 9.17) is 23.7 Å². The third-order valence-electron chi connectivity index (χ3n) is 5.63. The molecule has 0 fully saturated rings. The number of rotatable bonds is 3. The van der Waals surface area contributed by atoms with E-state index in [1.54, 1.807) is 21.3 Å². The Hall–Kier alpha value is -3.32. The Balaban J connectivity index is 1.87. The zero-order chi connectivity index (χ0) is 20.3. The third kappa shape index (κ3) is 2.34. The fraction of sp³-hybridized carbons (Fsp3) is 0.273. The summed E-state index contributed by atoms with van der Waals surface area (Å²) in [6.45, 7) is 0.118. The fourth-order valence-corrected chi connectivity index (χ4v) is 4.26. The summed E-state index contributed by atoms with van der Waals surface area (Å²) in [6, 6.07) is 9.72. The summed E-state index contributed by atoms with van der Waals surface area (Å²) in [4.78, 5) is 1.83. The Morgan fingerprint density at radius 3 is 2.41 bits per heavy atom. The molecule has 2 aliphatic rings. The molecule has 0 aliphatic carbocycles. The first-order valence-electron chi connectivity index (χ1n) is 9.19. The molecule has 2 aliphatic heterocycles. The van der Waals surface area contributed by atoms with Gasteiger partial charge in [0.25, 0.3) is 0 Å². The first-order chi connectivity index (χ1) is 14.1. The predicted molar refractivity (Wildman–Crippen MR) is 109 cm³/mol. The van der Waals surface area contributed by atoms with Crippen molar-refractivity contribution < 1.29 is 28.8 Å². The minimum Gasteiger partial charge on any atom is -0.496 e. The van der Waals surface area contributed by atoms with Crippen LogP contribution in [-0.4, -0.2) is 40.3 Å². The number of hydrogen-bond donors (Lipinski definition) is 1. The Morgan fingerprint density at radius 2 is 1.69 bits per heavy atom. The van der Waals surface area contributed by atoms with Gasteiger partial charge in [0.05, 0.1) is 32.6 Å². The lowest BCUT2D eigenvalue weighted by Gasteiger charge is -2.36. The first-order valence-corrected chi connectivity index (χ1v) is 9.19. The normalized spacial score (nSPS) is 16.4. The van der Waals surface area contributed by atoms with Crippen molar-refractivity contribution in [2.24, 2.45) is 0 Å². The number of ether oxygens (including phenoxy) is 5. The van der Waals surface area contributed by atoms with E-state index >= 15 is 0 Å². The number of hydrogen-bond acceptors (Lipinski definition) is 7. The summed E-state index contributed by atoms with van der Waals surface area (Å²) in [7, 11) is 6.68. The number of methoxy groups -OCH3 is 3. The fourth-order valence-electron chi connectivity index (χ4n) is 4.26. The van der Waals surface area contributed by atoms with E-state index in [9.17, 15) is 5.11 Å². The van der Waals surface area contributed by atoms with Gasteiger partial charge >= 0.3 is 0 Å². The van der Waals surface area contributed by atoms with Crippen LogP contribution in [0.15, 0.2) is 30.3 Å². The maximum atomic E-state index is 11.2. The van der Waals surface area contributed by atoms with E-state index in [1.165, 1.54) is 0 Å². The van der Waals surface area contributed by atoms with Gasteiger partial charge in [-0.15, -0.1) is 0 Å². The molecule has 150 valence electrons. The molecule has 0 spiro atoms. The molecule has 7 nitrogen and oxygen atoms in total. The molecule has 1 atom stereocenters. The Labute approximate surface area is 167 Å². The minimum absolute atomic E-state index is 0.118. The van der Waals surface area contributed by atoms with Crippen molar-refractivity contribution in [3.63, 3.8) is 0 Å². The molecule has 0 bridgehead atoms. The number of benzene rings is 3. The second-order valence-electron chi connectivity index (χ2n) is 6.98. The molecule has 29 heavy (non-hydrogen) atoms. The maximum absolute atomic E-state index is 11.2. The highest BCUT2D eigenvalue weighted by Gasteiger charge is 2.37. The average molecular weight is 395 g/mol. The third-order valence-corrected chi connectivity index (χ3v) is 5.63. The van der Waals surface area contributed by atoms with Crippen molar-refractivity contribution in [3.8, 4) is 39.9 Å². The SMILES string of the molecule is COc1cc2ccc3c(c2cc1OC)N(C)[C@H](O)c1c2c(cc(OC)c1-3)OCO2. The largest absolute Gasteiger partial charge is 0.496 e. The molecule has 1 N–H and O–H groups in total. The van der Waals surface area contributed by atoms with Gasteiger partial charge in [0.15, 0.2) is 29.2 Å². The van der Waals surface area contributed by atoms with Crippen molar-refractivity contribution in [2.75, 3.05) is 40.1 Å². The number of fused-ring (bicyclic) bond motifs is 7. The zero-order valence-electron chi connectivity index (χ0n) is 16.6. The summed E-state index contributed by atoms with van der Waals surface area (Å²) in [5, 5.41) is 13.1. The molecule has 7 heteroatoms. The Bertz CT molecular complexity index is 1140. The highest BCUT2D eigenvalue weighted by molar-refractivity contribution is 6.06. The van der Waals surface area contributed by atoms with Gasteiger partial charge in [0.2, 0.25) is 6.79 Å². The standard InChI is InChI=1S/C22H21NO6/c1-23-20-12(6-5-11-7-14(25-2)15(26-3)8-13(11)20)18-16(27-4)9-17-21(29-10-28-17)19(18)22(23)24/h5-9,22,24H,10H2,1-4H3/t22-/m1/s1. The van der Waals surface area contributed by atoms with Crippen LogP contribution in [0.4, 0.5) is 5.69 Å². The molecular weight excluding hydrogens is 374 g/mol. The van der Waals surface area contributed by atoms with Gasteiger partial charge in [-0.1, -0.05) is 12.1 Å². The van der Waals surface area contributed by atoms with E-state index < -0.39 is 6.23 Å². The van der Waals surface area contributed by atoms with E-state index in [0.717, 1.165) is 27.6 Å². The van der Waals surface area contributed by atoms with Crippen LogP contribution in [0, 0.1) is 0 Å². The number of nitrogens with zero attached hydrogens (tertiary/aromatic N) is 1. The molecular formula is C22H21NO6. The topological polar surface area (TPSA) is 69.6 Å². The van der Waals surface area contributed by atoms with Crippen molar-refractivity contribution in [2.45, 2.75) is 6.23 Å². The van der Waals surface area contributed by atoms with Crippen molar-refractivity contribution in [1.29, 1.82) is 0 Å². The number of aliphatic hydroxyl groups is 1. The second-order valence-corrected chi connectivity index (χ2v) is 6.98. The van der Waals surface area contributed by atoms with Crippen LogP contribution < -0.4 is 28.6 Å². The van der Waals surface area contributed by atoms with Crippen LogP contribution >= 0.6 is 0 Å². The number of anilines is 1. The quantitative estimate of drug-likeness (QED) is 0.725. The summed E-state index contributed by atoms with van der Waals surface area (Å²) < 4.78 is 27.8. The highest BCUT2D eigenvalue weighted by atomic mass is 16.7. The van der Waals surface area contributed by atoms with Crippen LogP contribution in [0.5, 0.6) is 28.7 Å². The molecule has 3 aromatic carbocycles. The van der Waals surface area contributed by atoms with Gasteiger partial charge in [-0.2, -0.15) is 0 Å². The lowest BCUT2D eigenvalue weighted by atomic mass is 9.88. The van der Waals surface area contributed by atoms with Gasteiger partial charge < -0.3 is 33.7 Å². The van der Waals surface area contributed by atoms with Crippen molar-refractivity contribution in [1.82, 2.24) is 0 Å². The van der Waals surface area contributed by atoms with Crippen LogP contribution in [0.2, 0.25) is 0 Å². The van der Waals surface area contributed by atoms with Crippen LogP contribution in [-0.2, 0) is 0 Å². The second kappa shape index (κ2) is 6.35. The van der Waals surface area contributed by atoms with Gasteiger partial charge in [-0.25, -0.2) is 0 Å². The molecule has 0 amide bonds. The van der Waals surface area contributed by atoms with Crippen molar-refractivity contribution in [3.05, 3.63) is 35.9 Å².